The molecule has 0 atom stereocenters. The van der Waals surface area contributed by atoms with Gasteiger partial charge in [0.25, 0.3) is 0 Å². The number of methoxy groups -OCH3 is 1. The largest absolute Gasteiger partial charge is 0.472 e. The molecule has 0 bridgehead atoms. The van der Waals surface area contributed by atoms with Crippen LogP contribution in [0.3, 0.4) is 0 Å². The molecule has 0 spiro atoms. The number of nitrogens with one attached hydrogen (secondary N) is 1. The number of furan rings is 1. The van der Waals surface area contributed by atoms with Crippen LogP contribution in [0.5, 0.6) is 0 Å². The second-order valence-corrected chi connectivity index (χ2v) is 4.08. The van der Waals surface area contributed by atoms with E-state index in [1.54, 1.807) is 30.7 Å². The monoisotopic (exact) mass is 265 g/mol. The van der Waals surface area contributed by atoms with Crippen LogP contribution in [0.15, 0.2) is 41.2 Å². The molecule has 2 rings (SSSR count). The molecule has 0 saturated carbocycles. The molecule has 1 N–H and O–H groups in total. The number of rotatable bonds is 4. The maximum Gasteiger partial charge on any atom is 0.337 e. The molecule has 94 valence electrons. The van der Waals surface area contributed by atoms with Gasteiger partial charge in [-0.25, -0.2) is 4.79 Å². The minimum absolute atomic E-state index is 0.391. The zero-order valence-electron chi connectivity index (χ0n) is 9.77. The van der Waals surface area contributed by atoms with Gasteiger partial charge >= 0.3 is 5.97 Å². The summed E-state index contributed by atoms with van der Waals surface area (Å²) in [5.74, 6) is -0.391. The standard InChI is InChI=1S/C13H12ClNO3/c1-17-13(16)10-2-3-11(14)12(6-10)15-7-9-4-5-18-8-9/h2-6,8,15H,7H2,1H3. The Morgan fingerprint density at radius 2 is 2.28 bits per heavy atom. The lowest BCUT2D eigenvalue weighted by molar-refractivity contribution is 0.0601. The van der Waals surface area contributed by atoms with Crippen LogP contribution in [0.1, 0.15) is 15.9 Å². The van der Waals surface area contributed by atoms with Gasteiger partial charge in [-0.3, -0.25) is 0 Å². The molecule has 1 aromatic carbocycles. The predicted molar refractivity (Wildman–Crippen MR) is 68.8 cm³/mol. The molecular formula is C13H12ClNO3. The Kier molecular flexibility index (Phi) is 3.89. The average molecular weight is 266 g/mol. The van der Waals surface area contributed by atoms with Crippen molar-refractivity contribution in [2.24, 2.45) is 0 Å². The topological polar surface area (TPSA) is 51.5 Å². The number of halogens is 1. The van der Waals surface area contributed by atoms with Gasteiger partial charge in [-0.15, -0.1) is 0 Å². The fourth-order valence-corrected chi connectivity index (χ4v) is 1.68. The minimum atomic E-state index is -0.391. The van der Waals surface area contributed by atoms with Gasteiger partial charge in [-0.2, -0.15) is 0 Å². The van der Waals surface area contributed by atoms with Gasteiger partial charge in [0.15, 0.2) is 0 Å². The Bertz CT molecular complexity index is 537. The van der Waals surface area contributed by atoms with Crippen molar-refractivity contribution in [3.8, 4) is 0 Å². The Morgan fingerprint density at radius 1 is 1.44 bits per heavy atom. The lowest BCUT2D eigenvalue weighted by Crippen LogP contribution is -2.04. The van der Waals surface area contributed by atoms with E-state index in [0.717, 1.165) is 5.56 Å². The molecule has 4 nitrogen and oxygen atoms in total. The van der Waals surface area contributed by atoms with Crippen molar-refractivity contribution in [2.45, 2.75) is 6.54 Å². The Balaban J connectivity index is 2.13. The summed E-state index contributed by atoms with van der Waals surface area (Å²) in [7, 11) is 1.34. The van der Waals surface area contributed by atoms with E-state index < -0.39 is 5.97 Å². The molecule has 0 radical (unpaired) electrons. The fourth-order valence-electron chi connectivity index (χ4n) is 1.50. The molecule has 18 heavy (non-hydrogen) atoms. The summed E-state index contributed by atoms with van der Waals surface area (Å²) in [4.78, 5) is 11.4. The van der Waals surface area contributed by atoms with E-state index in [1.165, 1.54) is 7.11 Å². The average Bonchev–Trinajstić information content (AvgIpc) is 2.90. The van der Waals surface area contributed by atoms with Crippen molar-refractivity contribution in [3.63, 3.8) is 0 Å². The van der Waals surface area contributed by atoms with Crippen LogP contribution in [0.25, 0.3) is 0 Å². The van der Waals surface area contributed by atoms with Gasteiger partial charge in [0, 0.05) is 12.1 Å². The van der Waals surface area contributed by atoms with Crippen molar-refractivity contribution in [3.05, 3.63) is 52.9 Å². The van der Waals surface area contributed by atoms with Gasteiger partial charge in [-0.05, 0) is 24.3 Å². The number of hydrogen-bond acceptors (Lipinski definition) is 4. The summed E-state index contributed by atoms with van der Waals surface area (Å²) < 4.78 is 9.62. The smallest absolute Gasteiger partial charge is 0.337 e. The number of benzene rings is 1. The summed E-state index contributed by atoms with van der Waals surface area (Å²) in [5, 5.41) is 3.68. The summed E-state index contributed by atoms with van der Waals surface area (Å²) in [6.45, 7) is 0.570. The summed E-state index contributed by atoms with van der Waals surface area (Å²) >= 11 is 6.05. The number of ether oxygens (including phenoxy) is 1. The maximum absolute atomic E-state index is 11.4. The number of hydrogen-bond donors (Lipinski definition) is 1. The fraction of sp³-hybridized carbons (Fsp3) is 0.154. The van der Waals surface area contributed by atoms with Gasteiger partial charge in [0.2, 0.25) is 0 Å². The lowest BCUT2D eigenvalue weighted by atomic mass is 10.2. The van der Waals surface area contributed by atoms with E-state index in [0.29, 0.717) is 22.8 Å². The summed E-state index contributed by atoms with van der Waals surface area (Å²) in [5.41, 5.74) is 2.13. The first-order valence-electron chi connectivity index (χ1n) is 5.33. The van der Waals surface area contributed by atoms with Crippen molar-refractivity contribution in [2.75, 3.05) is 12.4 Å². The SMILES string of the molecule is COC(=O)c1ccc(Cl)c(NCc2ccoc2)c1. The summed E-state index contributed by atoms with van der Waals surface area (Å²) in [6, 6.07) is 6.79. The van der Waals surface area contributed by atoms with Crippen molar-refractivity contribution < 1.29 is 13.9 Å². The van der Waals surface area contributed by atoms with E-state index in [4.69, 9.17) is 16.0 Å². The lowest BCUT2D eigenvalue weighted by Gasteiger charge is -2.08. The van der Waals surface area contributed by atoms with E-state index >= 15 is 0 Å². The van der Waals surface area contributed by atoms with Crippen molar-refractivity contribution in [1.29, 1.82) is 0 Å². The van der Waals surface area contributed by atoms with Crippen LogP contribution in [0, 0.1) is 0 Å². The maximum atomic E-state index is 11.4. The van der Waals surface area contributed by atoms with E-state index in [-0.39, 0.29) is 0 Å². The first kappa shape index (κ1) is 12.5. The van der Waals surface area contributed by atoms with Crippen LogP contribution in [-0.4, -0.2) is 13.1 Å². The minimum Gasteiger partial charge on any atom is -0.472 e. The van der Waals surface area contributed by atoms with Crippen LogP contribution in [0.2, 0.25) is 5.02 Å². The highest BCUT2D eigenvalue weighted by Crippen LogP contribution is 2.24. The number of carbonyl (C=O) groups excluding carboxylic acids is 1. The predicted octanol–water partition coefficient (Wildman–Crippen LogP) is 3.33. The first-order valence-corrected chi connectivity index (χ1v) is 5.71. The van der Waals surface area contributed by atoms with E-state index in [9.17, 15) is 4.79 Å². The third-order valence-corrected chi connectivity index (χ3v) is 2.78. The van der Waals surface area contributed by atoms with E-state index in [2.05, 4.69) is 10.1 Å². The first-order chi connectivity index (χ1) is 8.70. The molecule has 0 amide bonds. The normalized spacial score (nSPS) is 10.1. The highest BCUT2D eigenvalue weighted by molar-refractivity contribution is 6.33. The second-order valence-electron chi connectivity index (χ2n) is 3.67. The number of carbonyl (C=O) groups is 1. The molecule has 1 heterocycles. The quantitative estimate of drug-likeness (QED) is 0.862. The third-order valence-electron chi connectivity index (χ3n) is 2.45. The van der Waals surface area contributed by atoms with Gasteiger partial charge < -0.3 is 14.5 Å². The molecule has 5 heteroatoms. The van der Waals surface area contributed by atoms with Crippen LogP contribution in [0.4, 0.5) is 5.69 Å². The molecule has 1 aromatic heterocycles. The zero-order chi connectivity index (χ0) is 13.0. The van der Waals surface area contributed by atoms with Crippen LogP contribution >= 0.6 is 11.6 Å². The Morgan fingerprint density at radius 3 is 2.94 bits per heavy atom. The number of esters is 1. The molecule has 0 unspecified atom stereocenters. The molecule has 0 saturated heterocycles. The van der Waals surface area contributed by atoms with Crippen LogP contribution in [-0.2, 0) is 11.3 Å². The molecule has 0 aliphatic heterocycles. The van der Waals surface area contributed by atoms with E-state index in [1.807, 2.05) is 6.07 Å². The number of anilines is 1. The summed E-state index contributed by atoms with van der Waals surface area (Å²) in [6.07, 6.45) is 3.24. The highest BCUT2D eigenvalue weighted by atomic mass is 35.5. The molecule has 2 aromatic rings. The Labute approximate surface area is 110 Å². The van der Waals surface area contributed by atoms with Crippen molar-refractivity contribution in [1.82, 2.24) is 0 Å². The highest BCUT2D eigenvalue weighted by Gasteiger charge is 2.08. The third kappa shape index (κ3) is 2.84. The van der Waals surface area contributed by atoms with Gasteiger partial charge in [0.05, 0.1) is 35.9 Å². The van der Waals surface area contributed by atoms with Crippen molar-refractivity contribution >= 4 is 23.3 Å². The molecule has 0 aliphatic carbocycles. The van der Waals surface area contributed by atoms with Crippen LogP contribution < -0.4 is 5.32 Å². The molecule has 0 aliphatic rings. The molecular weight excluding hydrogens is 254 g/mol. The second kappa shape index (κ2) is 5.60. The van der Waals surface area contributed by atoms with Gasteiger partial charge in [0.1, 0.15) is 0 Å². The van der Waals surface area contributed by atoms with Gasteiger partial charge in [-0.1, -0.05) is 11.6 Å². The Hall–Kier alpha value is -1.94. The molecule has 0 fully saturated rings. The zero-order valence-corrected chi connectivity index (χ0v) is 10.5.